The minimum Gasteiger partial charge on any atom is -0.354 e. The lowest BCUT2D eigenvalue weighted by Gasteiger charge is -2.23. The zero-order valence-electron chi connectivity index (χ0n) is 14.9. The van der Waals surface area contributed by atoms with Crippen molar-refractivity contribution in [2.75, 3.05) is 6.54 Å². The van der Waals surface area contributed by atoms with E-state index < -0.39 is 40.8 Å². The number of nitrogens with zero attached hydrogens (tertiary/aromatic N) is 2. The third-order valence-electron chi connectivity index (χ3n) is 4.28. The van der Waals surface area contributed by atoms with Crippen LogP contribution in [-0.2, 0) is 17.1 Å². The number of guanidine groups is 1. The van der Waals surface area contributed by atoms with Gasteiger partial charge in [0.15, 0.2) is 0 Å². The summed E-state index contributed by atoms with van der Waals surface area (Å²) in [5.41, 5.74) is -4.15. The van der Waals surface area contributed by atoms with E-state index in [1.54, 1.807) is 0 Å². The maximum absolute atomic E-state index is 13.5. The molecule has 2 heterocycles. The molecule has 1 aromatic carbocycles. The number of amides is 1. The maximum Gasteiger partial charge on any atom is 0.417 e. The van der Waals surface area contributed by atoms with Crippen LogP contribution in [0.4, 0.5) is 26.3 Å². The maximum atomic E-state index is 13.5. The summed E-state index contributed by atoms with van der Waals surface area (Å²) in [4.78, 5) is 11.6. The van der Waals surface area contributed by atoms with Crippen LogP contribution in [0, 0.1) is 5.41 Å². The summed E-state index contributed by atoms with van der Waals surface area (Å²) in [5.74, 6) is -0.344. The van der Waals surface area contributed by atoms with E-state index >= 15 is 0 Å². The van der Waals surface area contributed by atoms with Gasteiger partial charge in [0.1, 0.15) is 11.8 Å². The average Bonchev–Trinajstić information content (AvgIpc) is 3.05. The van der Waals surface area contributed by atoms with Gasteiger partial charge in [-0.3, -0.25) is 4.79 Å². The second-order valence-electron chi connectivity index (χ2n) is 6.30. The first kappa shape index (κ1) is 21.3. The summed E-state index contributed by atoms with van der Waals surface area (Å²) >= 11 is 0. The van der Waals surface area contributed by atoms with Crippen molar-refractivity contribution < 1.29 is 31.1 Å². The van der Waals surface area contributed by atoms with Crippen LogP contribution in [0.1, 0.15) is 23.1 Å². The summed E-state index contributed by atoms with van der Waals surface area (Å²) in [7, 11) is 0. The molecule has 0 spiro atoms. The first-order valence-electron chi connectivity index (χ1n) is 8.47. The van der Waals surface area contributed by atoms with Gasteiger partial charge >= 0.3 is 12.4 Å². The Morgan fingerprint density at radius 1 is 1.13 bits per heavy atom. The third kappa shape index (κ3) is 4.44. The molecule has 1 unspecified atom stereocenters. The number of rotatable bonds is 3. The number of allylic oxidation sites excluding steroid dienone is 2. The van der Waals surface area contributed by atoms with E-state index in [0.717, 1.165) is 12.3 Å². The van der Waals surface area contributed by atoms with Gasteiger partial charge in [-0.2, -0.15) is 26.3 Å². The van der Waals surface area contributed by atoms with Crippen molar-refractivity contribution in [2.45, 2.75) is 24.8 Å². The summed E-state index contributed by atoms with van der Waals surface area (Å²) in [6, 6.07) is 0.531. The van der Waals surface area contributed by atoms with E-state index in [0.29, 0.717) is 25.1 Å². The molecule has 1 amide bonds. The van der Waals surface area contributed by atoms with Crippen molar-refractivity contribution in [3.05, 3.63) is 46.7 Å². The molecule has 13 heteroatoms. The van der Waals surface area contributed by atoms with Crippen molar-refractivity contribution in [1.82, 2.24) is 16.0 Å². The van der Waals surface area contributed by atoms with Crippen molar-refractivity contribution in [3.63, 3.8) is 0 Å². The van der Waals surface area contributed by atoms with Crippen LogP contribution in [0.2, 0.25) is 0 Å². The number of halogens is 6. The van der Waals surface area contributed by atoms with Gasteiger partial charge in [-0.1, -0.05) is 6.07 Å². The van der Waals surface area contributed by atoms with Gasteiger partial charge in [0.25, 0.3) is 0 Å². The molecular weight excluding hydrogens is 418 g/mol. The van der Waals surface area contributed by atoms with Crippen LogP contribution in [0.5, 0.6) is 0 Å². The molecule has 0 aliphatic carbocycles. The highest BCUT2D eigenvalue weighted by Crippen LogP contribution is 2.38. The normalized spacial score (nSPS) is 20.9. The Morgan fingerprint density at radius 2 is 1.87 bits per heavy atom. The molecule has 1 aromatic rings. The minimum atomic E-state index is -5.10. The van der Waals surface area contributed by atoms with Crippen LogP contribution in [-0.4, -0.2) is 36.4 Å². The molecule has 0 bridgehead atoms. The molecule has 7 nitrogen and oxygen atoms in total. The summed E-state index contributed by atoms with van der Waals surface area (Å²) in [6.45, 7) is 0.433. The van der Waals surface area contributed by atoms with E-state index in [2.05, 4.69) is 26.2 Å². The molecule has 0 aromatic heterocycles. The highest BCUT2D eigenvalue weighted by atomic mass is 19.4. The topological polar surface area (TPSA) is 102 Å². The smallest absolute Gasteiger partial charge is 0.354 e. The standard InChI is InChI=1S/C17H14F6N6O/c18-16(19,20)8-1-2-9(10(7-8)17(21,22)23)13-11(3-5-24)26-15(29-28-13)27-12-4-6-25-14(12)30/h1-3,5,7,12,24H,4,6H2,(H,25,30)(H2,26,27,29)/b11-3-,24-5?. The van der Waals surface area contributed by atoms with Crippen molar-refractivity contribution in [2.24, 2.45) is 10.2 Å². The largest absolute Gasteiger partial charge is 0.417 e. The van der Waals surface area contributed by atoms with Gasteiger partial charge in [-0.15, -0.1) is 10.2 Å². The Morgan fingerprint density at radius 3 is 2.43 bits per heavy atom. The van der Waals surface area contributed by atoms with Crippen molar-refractivity contribution in [3.8, 4) is 0 Å². The molecule has 3 rings (SSSR count). The number of benzene rings is 1. The number of carbonyl (C=O) groups excluding carboxylic acids is 1. The van der Waals surface area contributed by atoms with Gasteiger partial charge < -0.3 is 21.4 Å². The lowest BCUT2D eigenvalue weighted by Crippen LogP contribution is -2.48. The summed E-state index contributed by atoms with van der Waals surface area (Å²) < 4.78 is 79.1. The fraction of sp³-hybridized carbons (Fsp3) is 0.294. The molecule has 1 fully saturated rings. The summed E-state index contributed by atoms with van der Waals surface area (Å²) in [5, 5.41) is 22.6. The first-order chi connectivity index (χ1) is 14.0. The lowest BCUT2D eigenvalue weighted by molar-refractivity contribution is -0.143. The predicted octanol–water partition coefficient (Wildman–Crippen LogP) is 2.40. The van der Waals surface area contributed by atoms with Crippen LogP contribution in [0.3, 0.4) is 0 Å². The second kappa shape index (κ2) is 7.80. The summed E-state index contributed by atoms with van der Waals surface area (Å²) in [6.07, 6.45) is -7.78. The van der Waals surface area contributed by atoms with Crippen LogP contribution in [0.15, 0.2) is 40.2 Å². The fourth-order valence-electron chi connectivity index (χ4n) is 2.89. The molecule has 2 aliphatic rings. The van der Waals surface area contributed by atoms with E-state index in [-0.39, 0.29) is 23.6 Å². The second-order valence-corrected chi connectivity index (χ2v) is 6.30. The SMILES string of the molecule is N=C/C=C1\NC(NC2CCNC2=O)=NN=C1c1ccc(C(F)(F)F)cc1C(F)(F)F. The molecule has 160 valence electrons. The lowest BCUT2D eigenvalue weighted by atomic mass is 9.97. The van der Waals surface area contributed by atoms with Gasteiger partial charge in [0.2, 0.25) is 11.9 Å². The average molecular weight is 432 g/mol. The number of alkyl halides is 6. The molecule has 1 saturated heterocycles. The molecule has 1 atom stereocenters. The zero-order valence-corrected chi connectivity index (χ0v) is 14.9. The number of nitrogens with one attached hydrogen (secondary N) is 4. The van der Waals surface area contributed by atoms with Crippen LogP contribution < -0.4 is 16.0 Å². The van der Waals surface area contributed by atoms with Gasteiger partial charge in [-0.25, -0.2) is 0 Å². The highest BCUT2D eigenvalue weighted by molar-refractivity contribution is 6.17. The molecule has 2 aliphatic heterocycles. The van der Waals surface area contributed by atoms with Gasteiger partial charge in [-0.05, 0) is 24.6 Å². The molecule has 4 N–H and O–H groups in total. The minimum absolute atomic E-state index is 0.000227. The zero-order chi connectivity index (χ0) is 22.1. The number of carbonyl (C=O) groups is 1. The van der Waals surface area contributed by atoms with Crippen LogP contribution >= 0.6 is 0 Å². The highest BCUT2D eigenvalue weighted by Gasteiger charge is 2.40. The third-order valence-corrected chi connectivity index (χ3v) is 4.28. The molecule has 30 heavy (non-hydrogen) atoms. The van der Waals surface area contributed by atoms with Gasteiger partial charge in [0.05, 0.1) is 16.8 Å². The Balaban J connectivity index is 2.04. The van der Waals surface area contributed by atoms with Crippen LogP contribution in [0.25, 0.3) is 0 Å². The Bertz CT molecular complexity index is 962. The quantitative estimate of drug-likeness (QED) is 0.436. The van der Waals surface area contributed by atoms with Crippen molar-refractivity contribution >= 4 is 23.8 Å². The monoisotopic (exact) mass is 432 g/mol. The fourth-order valence-corrected chi connectivity index (χ4v) is 2.89. The molecular formula is C17H14F6N6O. The van der Waals surface area contributed by atoms with E-state index in [9.17, 15) is 31.1 Å². The van der Waals surface area contributed by atoms with E-state index in [1.165, 1.54) is 0 Å². The van der Waals surface area contributed by atoms with Crippen molar-refractivity contribution in [1.29, 1.82) is 5.41 Å². The molecule has 0 radical (unpaired) electrons. The van der Waals surface area contributed by atoms with E-state index in [1.807, 2.05) is 0 Å². The van der Waals surface area contributed by atoms with E-state index in [4.69, 9.17) is 5.41 Å². The Hall–Kier alpha value is -3.38. The predicted molar refractivity (Wildman–Crippen MR) is 95.0 cm³/mol. The first-order valence-corrected chi connectivity index (χ1v) is 8.47. The Kier molecular flexibility index (Phi) is 5.55. The Labute approximate surface area is 165 Å². The van der Waals surface area contributed by atoms with Gasteiger partial charge in [0, 0.05) is 18.3 Å². The molecule has 0 saturated carbocycles. The number of hydrogen-bond acceptors (Lipinski definition) is 6. The number of hydrogen-bond donors (Lipinski definition) is 4.